The van der Waals surface area contributed by atoms with Gasteiger partial charge in [0.1, 0.15) is 5.75 Å². The number of benzene rings is 1. The Labute approximate surface area is 144 Å². The summed E-state index contributed by atoms with van der Waals surface area (Å²) in [5, 5.41) is 9.07. The van der Waals surface area contributed by atoms with Crippen LogP contribution in [0.1, 0.15) is 5.56 Å². The summed E-state index contributed by atoms with van der Waals surface area (Å²) in [6.45, 7) is 0. The van der Waals surface area contributed by atoms with E-state index in [0.29, 0.717) is 0 Å². The van der Waals surface area contributed by atoms with Crippen molar-refractivity contribution in [2.75, 3.05) is 0 Å². The zero-order chi connectivity index (χ0) is 18.2. The maximum Gasteiger partial charge on any atom is 0.430 e. The van der Waals surface area contributed by atoms with Crippen molar-refractivity contribution in [2.45, 2.75) is 12.3 Å². The van der Waals surface area contributed by atoms with Gasteiger partial charge in [0.25, 0.3) is 0 Å². The summed E-state index contributed by atoms with van der Waals surface area (Å²) >= 11 is 6.06. The number of halogens is 4. The van der Waals surface area contributed by atoms with Crippen LogP contribution in [0.5, 0.6) is 17.4 Å². The Hall–Kier alpha value is -2.74. The number of ether oxygens (including phenoxy) is 2. The fourth-order valence-electron chi connectivity index (χ4n) is 2.21. The molecule has 5 nitrogen and oxygen atoms in total. The van der Waals surface area contributed by atoms with E-state index in [0.717, 1.165) is 6.08 Å². The Morgan fingerprint density at radius 2 is 2.08 bits per heavy atom. The summed E-state index contributed by atoms with van der Waals surface area (Å²) in [5.41, 5.74) is -0.814. The van der Waals surface area contributed by atoms with Gasteiger partial charge in [-0.25, -0.2) is 9.78 Å². The molecule has 1 unspecified atom stereocenters. The Bertz CT molecular complexity index is 852. The van der Waals surface area contributed by atoms with E-state index in [-0.39, 0.29) is 28.0 Å². The second-order valence-electron chi connectivity index (χ2n) is 5.03. The van der Waals surface area contributed by atoms with Gasteiger partial charge in [-0.3, -0.25) is 0 Å². The largest absolute Gasteiger partial charge is 0.478 e. The molecule has 0 radical (unpaired) electrons. The molecule has 3 rings (SSSR count). The number of fused-ring (bicyclic) bond motifs is 1. The predicted molar refractivity (Wildman–Crippen MR) is 81.8 cm³/mol. The Morgan fingerprint density at radius 1 is 1.32 bits per heavy atom. The highest BCUT2D eigenvalue weighted by molar-refractivity contribution is 6.32. The summed E-state index contributed by atoms with van der Waals surface area (Å²) in [7, 11) is 0. The van der Waals surface area contributed by atoms with Gasteiger partial charge in [0, 0.05) is 23.9 Å². The molecule has 9 heteroatoms. The summed E-state index contributed by atoms with van der Waals surface area (Å²) in [6.07, 6.45) is -5.11. The van der Waals surface area contributed by atoms with Crippen LogP contribution in [0.2, 0.25) is 5.02 Å². The van der Waals surface area contributed by atoms with Crippen LogP contribution in [-0.2, 0) is 4.79 Å². The topological polar surface area (TPSA) is 68.7 Å². The number of pyridine rings is 1. The first-order valence-electron chi connectivity index (χ1n) is 6.86. The van der Waals surface area contributed by atoms with Gasteiger partial charge in [0.2, 0.25) is 12.0 Å². The third kappa shape index (κ3) is 3.53. The maximum atomic E-state index is 13.1. The van der Waals surface area contributed by atoms with Crippen molar-refractivity contribution >= 4 is 23.6 Å². The van der Waals surface area contributed by atoms with Crippen molar-refractivity contribution in [3.8, 4) is 17.4 Å². The Morgan fingerprint density at radius 3 is 2.68 bits per heavy atom. The number of alkyl halides is 3. The van der Waals surface area contributed by atoms with Crippen LogP contribution in [0.15, 0.2) is 42.1 Å². The van der Waals surface area contributed by atoms with E-state index >= 15 is 0 Å². The zero-order valence-electron chi connectivity index (χ0n) is 12.2. The van der Waals surface area contributed by atoms with Gasteiger partial charge in [-0.05, 0) is 18.2 Å². The lowest BCUT2D eigenvalue weighted by Gasteiger charge is -2.27. The third-order valence-electron chi connectivity index (χ3n) is 3.30. The summed E-state index contributed by atoms with van der Waals surface area (Å²) < 4.78 is 49.5. The van der Waals surface area contributed by atoms with E-state index in [4.69, 9.17) is 26.2 Å². The molecule has 0 spiro atoms. The fourth-order valence-corrected chi connectivity index (χ4v) is 2.42. The molecule has 0 aliphatic carbocycles. The molecule has 0 bridgehead atoms. The monoisotopic (exact) mass is 371 g/mol. The van der Waals surface area contributed by atoms with Gasteiger partial charge in [-0.1, -0.05) is 17.7 Å². The molecule has 0 saturated heterocycles. The summed E-state index contributed by atoms with van der Waals surface area (Å²) in [6, 6.07) is 7.30. The molecule has 1 aliphatic rings. The highest BCUT2D eigenvalue weighted by atomic mass is 35.5. The lowest BCUT2D eigenvalue weighted by Crippen LogP contribution is -2.40. The first-order chi connectivity index (χ1) is 11.8. The molecule has 0 saturated carbocycles. The van der Waals surface area contributed by atoms with Crippen molar-refractivity contribution < 1.29 is 32.5 Å². The molecule has 2 aromatic rings. The van der Waals surface area contributed by atoms with E-state index in [9.17, 15) is 18.0 Å². The van der Waals surface area contributed by atoms with E-state index in [1.54, 1.807) is 12.1 Å². The van der Waals surface area contributed by atoms with Crippen LogP contribution in [0.4, 0.5) is 13.2 Å². The van der Waals surface area contributed by atoms with Gasteiger partial charge in [0.05, 0.1) is 10.6 Å². The predicted octanol–water partition coefficient (Wildman–Crippen LogP) is 4.32. The normalized spacial score (nSPS) is 16.5. The number of carboxylic acids is 1. The van der Waals surface area contributed by atoms with E-state index in [1.165, 1.54) is 24.4 Å². The lowest BCUT2D eigenvalue weighted by atomic mass is 10.0. The van der Waals surface area contributed by atoms with Crippen molar-refractivity contribution in [1.29, 1.82) is 0 Å². The van der Waals surface area contributed by atoms with Crippen molar-refractivity contribution in [2.24, 2.45) is 0 Å². The molecule has 1 atom stereocenters. The van der Waals surface area contributed by atoms with E-state index in [2.05, 4.69) is 4.98 Å². The van der Waals surface area contributed by atoms with Crippen LogP contribution in [0, 0.1) is 0 Å². The minimum atomic E-state index is -4.89. The molecule has 1 N–H and O–H groups in total. The molecule has 1 aromatic carbocycles. The second kappa shape index (κ2) is 6.29. The first kappa shape index (κ1) is 17.1. The molecule has 1 aliphatic heterocycles. The highest BCUT2D eigenvalue weighted by Gasteiger charge is 2.48. The Balaban J connectivity index is 2.02. The molecule has 0 fully saturated rings. The molecular formula is C16H9ClF3NO4. The van der Waals surface area contributed by atoms with Crippen LogP contribution < -0.4 is 9.47 Å². The smallest absolute Gasteiger partial charge is 0.430 e. The molecule has 130 valence electrons. The number of carboxylic acid groups (broad SMARTS) is 1. The standard InChI is InChI=1S/C16H9ClF3NO4/c17-10-6-8-5-9(15(22)23)14(16(18,19)20)25-11(8)7-12(10)24-13-3-1-2-4-21-13/h1-7,14H,(H,22,23). The third-order valence-corrected chi connectivity index (χ3v) is 3.59. The van der Waals surface area contributed by atoms with Gasteiger partial charge >= 0.3 is 12.1 Å². The Kier molecular flexibility index (Phi) is 4.30. The summed E-state index contributed by atoms with van der Waals surface area (Å²) in [4.78, 5) is 15.0. The number of aromatic nitrogens is 1. The van der Waals surface area contributed by atoms with Crippen LogP contribution >= 0.6 is 11.6 Å². The average Bonchev–Trinajstić information content (AvgIpc) is 2.54. The number of nitrogens with zero attached hydrogens (tertiary/aromatic N) is 1. The maximum absolute atomic E-state index is 13.1. The summed E-state index contributed by atoms with van der Waals surface area (Å²) in [5.74, 6) is -1.69. The molecular weight excluding hydrogens is 363 g/mol. The van der Waals surface area contributed by atoms with Gasteiger partial charge in [0.15, 0.2) is 5.75 Å². The number of carbonyl (C=O) groups is 1. The highest BCUT2D eigenvalue weighted by Crippen LogP contribution is 2.42. The van der Waals surface area contributed by atoms with Crippen molar-refractivity contribution in [3.63, 3.8) is 0 Å². The minimum Gasteiger partial charge on any atom is -0.478 e. The zero-order valence-corrected chi connectivity index (χ0v) is 13.0. The van der Waals surface area contributed by atoms with E-state index in [1.807, 2.05) is 0 Å². The molecule has 1 aromatic heterocycles. The van der Waals surface area contributed by atoms with Crippen LogP contribution in [0.3, 0.4) is 0 Å². The quantitative estimate of drug-likeness (QED) is 0.870. The lowest BCUT2D eigenvalue weighted by molar-refractivity contribution is -0.187. The SMILES string of the molecule is O=C(O)C1=Cc2cc(Cl)c(Oc3ccccn3)cc2OC1C(F)(F)F. The van der Waals surface area contributed by atoms with Gasteiger partial charge in [-0.15, -0.1) is 0 Å². The molecule has 25 heavy (non-hydrogen) atoms. The van der Waals surface area contributed by atoms with Crippen LogP contribution in [0.25, 0.3) is 6.08 Å². The first-order valence-corrected chi connectivity index (χ1v) is 7.24. The number of rotatable bonds is 3. The average molecular weight is 372 g/mol. The van der Waals surface area contributed by atoms with Crippen LogP contribution in [-0.4, -0.2) is 28.3 Å². The molecule has 0 amide bonds. The van der Waals surface area contributed by atoms with Crippen molar-refractivity contribution in [3.05, 3.63) is 52.7 Å². The van der Waals surface area contributed by atoms with Gasteiger partial charge in [-0.2, -0.15) is 13.2 Å². The van der Waals surface area contributed by atoms with Gasteiger partial charge < -0.3 is 14.6 Å². The molecule has 2 heterocycles. The number of hydrogen-bond donors (Lipinski definition) is 1. The number of hydrogen-bond acceptors (Lipinski definition) is 4. The van der Waals surface area contributed by atoms with E-state index < -0.39 is 23.8 Å². The number of aliphatic carboxylic acids is 1. The fraction of sp³-hybridized carbons (Fsp3) is 0.125. The second-order valence-corrected chi connectivity index (χ2v) is 5.44. The minimum absolute atomic E-state index is 0.0345. The van der Waals surface area contributed by atoms with Crippen molar-refractivity contribution in [1.82, 2.24) is 4.98 Å².